The zero-order valence-electron chi connectivity index (χ0n) is 10.9. The number of hydrogen-bond acceptors (Lipinski definition) is 3. The van der Waals surface area contributed by atoms with Gasteiger partial charge in [-0.25, -0.2) is 4.79 Å². The van der Waals surface area contributed by atoms with E-state index in [0.717, 1.165) is 19.5 Å². The molecule has 1 aromatic rings. The molecule has 2 N–H and O–H groups in total. The molecule has 5 nitrogen and oxygen atoms in total. The first-order valence-corrected chi connectivity index (χ1v) is 6.36. The van der Waals surface area contributed by atoms with Gasteiger partial charge in [0.25, 0.3) is 5.91 Å². The van der Waals surface area contributed by atoms with Gasteiger partial charge in [-0.05, 0) is 50.2 Å². The van der Waals surface area contributed by atoms with E-state index in [1.807, 2.05) is 0 Å². The molecule has 1 fully saturated rings. The molecule has 1 amide bonds. The van der Waals surface area contributed by atoms with Crippen LogP contribution in [0.15, 0.2) is 24.3 Å². The molecule has 5 heteroatoms. The van der Waals surface area contributed by atoms with Crippen LogP contribution < -0.4 is 5.32 Å². The van der Waals surface area contributed by atoms with E-state index in [2.05, 4.69) is 17.3 Å². The van der Waals surface area contributed by atoms with Gasteiger partial charge in [0.2, 0.25) is 0 Å². The second-order valence-corrected chi connectivity index (χ2v) is 5.01. The van der Waals surface area contributed by atoms with Crippen molar-refractivity contribution in [1.82, 2.24) is 10.2 Å². The van der Waals surface area contributed by atoms with Crippen LogP contribution in [0.4, 0.5) is 0 Å². The molecular weight excluding hydrogens is 244 g/mol. The van der Waals surface area contributed by atoms with Gasteiger partial charge in [0, 0.05) is 18.7 Å². The lowest BCUT2D eigenvalue weighted by molar-refractivity contribution is 0.0696. The number of likely N-dealkylation sites (tertiary alicyclic amines) is 1. The normalized spacial score (nSPS) is 19.3. The number of benzene rings is 1. The predicted molar refractivity (Wildman–Crippen MR) is 71.3 cm³/mol. The number of carbonyl (C=O) groups excluding carboxylic acids is 1. The lowest BCUT2D eigenvalue weighted by atomic mass is 10.1. The predicted octanol–water partition coefficient (Wildman–Crippen LogP) is 1.07. The van der Waals surface area contributed by atoms with Crippen LogP contribution in [-0.2, 0) is 0 Å². The fraction of sp³-hybridized carbons (Fsp3) is 0.429. The fourth-order valence-electron chi connectivity index (χ4n) is 2.30. The maximum Gasteiger partial charge on any atom is 0.335 e. The first-order chi connectivity index (χ1) is 9.06. The minimum absolute atomic E-state index is 0.147. The van der Waals surface area contributed by atoms with E-state index in [4.69, 9.17) is 5.11 Å². The van der Waals surface area contributed by atoms with Gasteiger partial charge in [0.1, 0.15) is 0 Å². The third-order valence-electron chi connectivity index (χ3n) is 3.43. The lowest BCUT2D eigenvalue weighted by Crippen LogP contribution is -2.30. The Hall–Kier alpha value is -1.88. The van der Waals surface area contributed by atoms with Crippen LogP contribution in [-0.4, -0.2) is 48.6 Å². The lowest BCUT2D eigenvalue weighted by Gasteiger charge is -2.11. The Kier molecular flexibility index (Phi) is 4.16. The van der Waals surface area contributed by atoms with Crippen molar-refractivity contribution < 1.29 is 14.7 Å². The maximum absolute atomic E-state index is 11.9. The van der Waals surface area contributed by atoms with Crippen LogP contribution >= 0.6 is 0 Å². The zero-order valence-corrected chi connectivity index (χ0v) is 10.9. The van der Waals surface area contributed by atoms with Gasteiger partial charge in [0.05, 0.1) is 5.56 Å². The summed E-state index contributed by atoms with van der Waals surface area (Å²) in [6.07, 6.45) is 1.11. The summed E-state index contributed by atoms with van der Waals surface area (Å²) < 4.78 is 0. The highest BCUT2D eigenvalue weighted by Gasteiger charge is 2.20. The van der Waals surface area contributed by atoms with Gasteiger partial charge in [-0.15, -0.1) is 0 Å². The Labute approximate surface area is 112 Å². The zero-order chi connectivity index (χ0) is 13.8. The summed E-state index contributed by atoms with van der Waals surface area (Å²) in [6.45, 7) is 2.76. The number of nitrogens with one attached hydrogen (secondary N) is 1. The van der Waals surface area contributed by atoms with Crippen molar-refractivity contribution in [3.05, 3.63) is 35.4 Å². The largest absolute Gasteiger partial charge is 0.478 e. The van der Waals surface area contributed by atoms with E-state index in [9.17, 15) is 9.59 Å². The quantitative estimate of drug-likeness (QED) is 0.851. The SMILES string of the molecule is CN1CCC(CNC(=O)c2ccc(C(=O)O)cc2)C1. The summed E-state index contributed by atoms with van der Waals surface area (Å²) in [5.74, 6) is -0.625. The van der Waals surface area contributed by atoms with Crippen LogP contribution in [0.1, 0.15) is 27.1 Å². The summed E-state index contributed by atoms with van der Waals surface area (Å²) in [6, 6.07) is 5.97. The number of aromatic carboxylic acids is 1. The molecule has 1 aliphatic rings. The number of carboxylic acids is 1. The van der Waals surface area contributed by atoms with Crippen LogP contribution in [0.3, 0.4) is 0 Å². The van der Waals surface area contributed by atoms with Gasteiger partial charge in [-0.2, -0.15) is 0 Å². The standard InChI is InChI=1S/C14H18N2O3/c1-16-7-6-10(9-16)8-15-13(17)11-2-4-12(5-3-11)14(18)19/h2-5,10H,6-9H2,1H3,(H,15,17)(H,18,19). The van der Waals surface area contributed by atoms with Crippen molar-refractivity contribution in [3.8, 4) is 0 Å². The molecule has 0 bridgehead atoms. The Bertz CT molecular complexity index is 470. The Balaban J connectivity index is 1.87. The molecule has 1 atom stereocenters. The highest BCUT2D eigenvalue weighted by molar-refractivity contribution is 5.95. The number of rotatable bonds is 4. The number of carbonyl (C=O) groups is 2. The molecule has 0 saturated carbocycles. The minimum Gasteiger partial charge on any atom is -0.478 e. The molecule has 0 spiro atoms. The van der Waals surface area contributed by atoms with E-state index in [1.54, 1.807) is 12.1 Å². The van der Waals surface area contributed by atoms with Gasteiger partial charge in [-0.3, -0.25) is 4.79 Å². The van der Waals surface area contributed by atoms with Crippen LogP contribution in [0.2, 0.25) is 0 Å². The highest BCUT2D eigenvalue weighted by atomic mass is 16.4. The molecule has 1 saturated heterocycles. The summed E-state index contributed by atoms with van der Waals surface area (Å²) in [7, 11) is 2.08. The van der Waals surface area contributed by atoms with Crippen molar-refractivity contribution >= 4 is 11.9 Å². The molecule has 0 radical (unpaired) electrons. The first-order valence-electron chi connectivity index (χ1n) is 6.36. The maximum atomic E-state index is 11.9. The molecule has 1 unspecified atom stereocenters. The molecule has 0 aromatic heterocycles. The third kappa shape index (κ3) is 3.54. The molecule has 19 heavy (non-hydrogen) atoms. The summed E-state index contributed by atoms with van der Waals surface area (Å²) >= 11 is 0. The Morgan fingerprint density at radius 2 is 1.95 bits per heavy atom. The molecule has 1 aromatic carbocycles. The monoisotopic (exact) mass is 262 g/mol. The highest BCUT2D eigenvalue weighted by Crippen LogP contribution is 2.13. The van der Waals surface area contributed by atoms with Gasteiger partial charge in [0.15, 0.2) is 0 Å². The van der Waals surface area contributed by atoms with E-state index in [1.165, 1.54) is 12.1 Å². The van der Waals surface area contributed by atoms with E-state index in [-0.39, 0.29) is 11.5 Å². The molecule has 2 rings (SSSR count). The van der Waals surface area contributed by atoms with Gasteiger partial charge >= 0.3 is 5.97 Å². The van der Waals surface area contributed by atoms with E-state index in [0.29, 0.717) is 18.0 Å². The van der Waals surface area contributed by atoms with Crippen molar-refractivity contribution in [2.45, 2.75) is 6.42 Å². The topological polar surface area (TPSA) is 69.6 Å². The van der Waals surface area contributed by atoms with Crippen LogP contribution in [0.25, 0.3) is 0 Å². The second kappa shape index (κ2) is 5.84. The first kappa shape index (κ1) is 13.5. The van der Waals surface area contributed by atoms with Crippen LogP contribution in [0, 0.1) is 5.92 Å². The van der Waals surface area contributed by atoms with Crippen molar-refractivity contribution in [2.75, 3.05) is 26.7 Å². The third-order valence-corrected chi connectivity index (χ3v) is 3.43. The number of amides is 1. The summed E-state index contributed by atoms with van der Waals surface area (Å²) in [4.78, 5) is 24.8. The molecule has 1 heterocycles. The van der Waals surface area contributed by atoms with Gasteiger partial charge in [-0.1, -0.05) is 0 Å². The van der Waals surface area contributed by atoms with Crippen molar-refractivity contribution in [2.24, 2.45) is 5.92 Å². The summed E-state index contributed by atoms with van der Waals surface area (Å²) in [5, 5.41) is 11.7. The van der Waals surface area contributed by atoms with Crippen molar-refractivity contribution in [1.29, 1.82) is 0 Å². The average molecular weight is 262 g/mol. The van der Waals surface area contributed by atoms with E-state index < -0.39 is 5.97 Å². The van der Waals surface area contributed by atoms with Crippen LogP contribution in [0.5, 0.6) is 0 Å². The second-order valence-electron chi connectivity index (χ2n) is 5.01. The smallest absolute Gasteiger partial charge is 0.335 e. The number of carboxylic acid groups (broad SMARTS) is 1. The fourth-order valence-corrected chi connectivity index (χ4v) is 2.30. The molecular formula is C14H18N2O3. The van der Waals surface area contributed by atoms with Gasteiger partial charge < -0.3 is 15.3 Å². The molecule has 102 valence electrons. The minimum atomic E-state index is -0.985. The molecule has 1 aliphatic heterocycles. The average Bonchev–Trinajstić information content (AvgIpc) is 2.82. The number of hydrogen-bond donors (Lipinski definition) is 2. The number of nitrogens with zero attached hydrogens (tertiary/aromatic N) is 1. The van der Waals surface area contributed by atoms with E-state index >= 15 is 0 Å². The Morgan fingerprint density at radius 3 is 2.47 bits per heavy atom. The Morgan fingerprint density at radius 1 is 1.32 bits per heavy atom. The van der Waals surface area contributed by atoms with Crippen molar-refractivity contribution in [3.63, 3.8) is 0 Å². The molecule has 0 aliphatic carbocycles. The summed E-state index contributed by atoms with van der Waals surface area (Å²) in [5.41, 5.74) is 0.685.